The van der Waals surface area contributed by atoms with Gasteiger partial charge in [0.15, 0.2) is 0 Å². The zero-order valence-corrected chi connectivity index (χ0v) is 25.7. The van der Waals surface area contributed by atoms with Crippen molar-refractivity contribution in [1.82, 2.24) is 28.7 Å². The van der Waals surface area contributed by atoms with Crippen molar-refractivity contribution in [2.75, 3.05) is 0 Å². The number of rotatable bonds is 4. The number of aromatic nitrogens is 6. The van der Waals surface area contributed by atoms with Gasteiger partial charge in [-0.3, -0.25) is 9.97 Å². The van der Waals surface area contributed by atoms with E-state index in [1.54, 1.807) is 12.4 Å². The van der Waals surface area contributed by atoms with Crippen LogP contribution in [-0.2, 0) is 0 Å². The third-order valence-electron chi connectivity index (χ3n) is 9.17. The molecule has 0 aliphatic heterocycles. The molecule has 0 N–H and O–H groups in total. The summed E-state index contributed by atoms with van der Waals surface area (Å²) in [5.41, 5.74) is 14.4. The lowest BCUT2D eigenvalue weighted by molar-refractivity contribution is 1.24. The molecule has 3 aromatic carbocycles. The highest BCUT2D eigenvalue weighted by Gasteiger charge is 2.17. The maximum absolute atomic E-state index is 4.98. The highest BCUT2D eigenvalue weighted by atomic mass is 15.0. The Hall–Kier alpha value is -6.66. The highest BCUT2D eigenvalue weighted by molar-refractivity contribution is 6.06. The minimum Gasteiger partial charge on any atom is -0.306 e. The van der Waals surface area contributed by atoms with Gasteiger partial charge in [0.2, 0.25) is 0 Å². The lowest BCUT2D eigenvalue weighted by atomic mass is 10.1. The molecule has 0 saturated heterocycles. The van der Waals surface area contributed by atoms with Crippen LogP contribution >= 0.6 is 0 Å². The zero-order chi connectivity index (χ0) is 31.6. The molecule has 6 nitrogen and oxygen atoms in total. The Morgan fingerprint density at radius 3 is 1.21 bits per heavy atom. The van der Waals surface area contributed by atoms with Crippen LogP contribution in [0.25, 0.3) is 89.2 Å². The predicted molar refractivity (Wildman–Crippen MR) is 194 cm³/mol. The lowest BCUT2D eigenvalue weighted by Crippen LogP contribution is -1.96. The molecule has 0 aliphatic rings. The summed E-state index contributed by atoms with van der Waals surface area (Å²) in [4.78, 5) is 19.0. The summed E-state index contributed by atoms with van der Waals surface area (Å²) in [5.74, 6) is 0. The normalized spacial score (nSPS) is 11.8. The first-order chi connectivity index (χ1) is 23.8. The van der Waals surface area contributed by atoms with Gasteiger partial charge >= 0.3 is 0 Å². The van der Waals surface area contributed by atoms with Gasteiger partial charge in [0.25, 0.3) is 0 Å². The lowest BCUT2D eigenvalue weighted by Gasteiger charge is -2.10. The van der Waals surface area contributed by atoms with Gasteiger partial charge in [-0.2, -0.15) is 0 Å². The Balaban J connectivity index is 1.15. The van der Waals surface area contributed by atoms with Crippen LogP contribution in [0.15, 0.2) is 158 Å². The summed E-state index contributed by atoms with van der Waals surface area (Å²) in [6.45, 7) is 0. The fourth-order valence-electron chi connectivity index (χ4n) is 6.99. The average molecular weight is 615 g/mol. The van der Waals surface area contributed by atoms with E-state index in [0.29, 0.717) is 0 Å². The van der Waals surface area contributed by atoms with Crippen LogP contribution in [-0.4, -0.2) is 28.7 Å². The van der Waals surface area contributed by atoms with Crippen molar-refractivity contribution < 1.29 is 0 Å². The van der Waals surface area contributed by atoms with E-state index in [2.05, 4.69) is 116 Å². The number of nitrogens with zero attached hydrogens (tertiary/aromatic N) is 6. The van der Waals surface area contributed by atoms with E-state index in [1.807, 2.05) is 48.5 Å². The first kappa shape index (κ1) is 26.5. The molecule has 0 spiro atoms. The van der Waals surface area contributed by atoms with Crippen LogP contribution in [0.5, 0.6) is 0 Å². The molecule has 10 aromatic rings. The summed E-state index contributed by atoms with van der Waals surface area (Å²) in [7, 11) is 0. The van der Waals surface area contributed by atoms with E-state index in [-0.39, 0.29) is 0 Å². The Bertz CT molecular complexity index is 2640. The molecule has 0 saturated carbocycles. The van der Waals surface area contributed by atoms with E-state index >= 15 is 0 Å². The van der Waals surface area contributed by atoms with E-state index in [9.17, 15) is 0 Å². The monoisotopic (exact) mass is 614 g/mol. The summed E-state index contributed by atoms with van der Waals surface area (Å²) in [6.07, 6.45) is 3.61. The number of pyridine rings is 4. The van der Waals surface area contributed by atoms with Crippen molar-refractivity contribution in [2.24, 2.45) is 0 Å². The second kappa shape index (κ2) is 10.4. The quantitative estimate of drug-likeness (QED) is 0.198. The van der Waals surface area contributed by atoms with Gasteiger partial charge in [0.05, 0.1) is 67.3 Å². The van der Waals surface area contributed by atoms with Crippen molar-refractivity contribution in [1.29, 1.82) is 0 Å². The second-order valence-electron chi connectivity index (χ2n) is 12.0. The zero-order valence-electron chi connectivity index (χ0n) is 25.7. The molecule has 48 heavy (non-hydrogen) atoms. The third-order valence-corrected chi connectivity index (χ3v) is 9.17. The van der Waals surface area contributed by atoms with Crippen LogP contribution in [0.2, 0.25) is 0 Å². The van der Waals surface area contributed by atoms with Crippen molar-refractivity contribution >= 4 is 43.9 Å². The Morgan fingerprint density at radius 2 is 0.750 bits per heavy atom. The molecule has 10 rings (SSSR count). The Kier molecular flexibility index (Phi) is 5.77. The van der Waals surface area contributed by atoms with Crippen molar-refractivity contribution in [2.45, 2.75) is 0 Å². The van der Waals surface area contributed by atoms with Gasteiger partial charge in [0, 0.05) is 34.3 Å². The summed E-state index contributed by atoms with van der Waals surface area (Å²) < 4.78 is 4.78. The van der Waals surface area contributed by atoms with Crippen LogP contribution in [0.1, 0.15) is 0 Å². The molecule has 7 aromatic heterocycles. The second-order valence-corrected chi connectivity index (χ2v) is 12.0. The minimum atomic E-state index is 0.862. The standard InChI is InChI=1S/C42H26N6/c1-2-16-40-39(15-1)47-37-19-17-27(31-11-7-13-35(45-31)33-9-3-5-21-43-33)23-29(37)25-41(47)42-26-30-24-28(18-20-38(30)48(40)42)32-12-8-14-36(46-32)34-10-4-6-22-44-34/h1-26H. The fraction of sp³-hybridized carbons (Fsp3) is 0. The Morgan fingerprint density at radius 1 is 0.312 bits per heavy atom. The topological polar surface area (TPSA) is 60.4 Å². The molecule has 224 valence electrons. The van der Waals surface area contributed by atoms with Crippen molar-refractivity contribution in [3.05, 3.63) is 158 Å². The molecule has 7 heterocycles. The molecule has 0 atom stereocenters. The molecule has 0 aliphatic carbocycles. The summed E-state index contributed by atoms with van der Waals surface area (Å²) >= 11 is 0. The first-order valence-corrected chi connectivity index (χ1v) is 16.0. The van der Waals surface area contributed by atoms with Gasteiger partial charge in [0.1, 0.15) is 0 Å². The van der Waals surface area contributed by atoms with Gasteiger partial charge in [-0.05, 0) is 97.1 Å². The minimum absolute atomic E-state index is 0.862. The van der Waals surface area contributed by atoms with E-state index in [4.69, 9.17) is 9.97 Å². The number of fused-ring (bicyclic) bond motifs is 10. The molecule has 0 amide bonds. The van der Waals surface area contributed by atoms with Gasteiger partial charge in [-0.1, -0.05) is 48.5 Å². The average Bonchev–Trinajstić information content (AvgIpc) is 3.74. The maximum Gasteiger partial charge on any atom is 0.0893 e. The van der Waals surface area contributed by atoms with Crippen LogP contribution in [0.3, 0.4) is 0 Å². The van der Waals surface area contributed by atoms with E-state index < -0.39 is 0 Å². The van der Waals surface area contributed by atoms with Crippen LogP contribution in [0, 0.1) is 0 Å². The molecular weight excluding hydrogens is 589 g/mol. The fourth-order valence-corrected chi connectivity index (χ4v) is 6.99. The van der Waals surface area contributed by atoms with Crippen LogP contribution < -0.4 is 0 Å². The van der Waals surface area contributed by atoms with Gasteiger partial charge in [-0.15, -0.1) is 0 Å². The molecule has 6 heteroatoms. The maximum atomic E-state index is 4.98. The molecular formula is C42H26N6. The van der Waals surface area contributed by atoms with Gasteiger partial charge in [-0.25, -0.2) is 9.97 Å². The number of para-hydroxylation sites is 2. The largest absolute Gasteiger partial charge is 0.306 e. The van der Waals surface area contributed by atoms with E-state index in [1.165, 1.54) is 0 Å². The molecule has 0 radical (unpaired) electrons. The number of benzene rings is 3. The first-order valence-electron chi connectivity index (χ1n) is 16.0. The van der Waals surface area contributed by atoms with Crippen molar-refractivity contribution in [3.8, 4) is 45.3 Å². The smallest absolute Gasteiger partial charge is 0.0893 e. The van der Waals surface area contributed by atoms with Gasteiger partial charge < -0.3 is 8.80 Å². The van der Waals surface area contributed by atoms with Crippen molar-refractivity contribution in [3.63, 3.8) is 0 Å². The SMILES string of the molecule is c1ccc(-c2cccc(-c3ccc4c(c3)cc3c5cc6cc(-c7cccc(-c8ccccn8)n7)ccc6n5c5ccccc5n43)n2)nc1. The predicted octanol–water partition coefficient (Wildman–Crippen LogP) is 9.90. The van der Waals surface area contributed by atoms with Crippen LogP contribution in [0.4, 0.5) is 0 Å². The number of hydrogen-bond donors (Lipinski definition) is 0. The molecule has 0 unspecified atom stereocenters. The molecule has 0 bridgehead atoms. The molecule has 0 fully saturated rings. The Labute approximate surface area is 275 Å². The summed E-state index contributed by atoms with van der Waals surface area (Å²) in [6, 6.07) is 50.6. The number of hydrogen-bond acceptors (Lipinski definition) is 4. The summed E-state index contributed by atoms with van der Waals surface area (Å²) in [5, 5.41) is 2.33. The highest BCUT2D eigenvalue weighted by Crippen LogP contribution is 2.36. The third kappa shape index (κ3) is 4.13. The van der Waals surface area contributed by atoms with E-state index in [0.717, 1.165) is 89.2 Å².